The minimum Gasteiger partial charge on any atom is -0.329 e. The molecule has 1 atom stereocenters. The van der Waals surface area contributed by atoms with E-state index < -0.39 is 9.84 Å². The Morgan fingerprint density at radius 1 is 1.50 bits per heavy atom. The first-order chi connectivity index (χ1) is 6.33. The Balaban J connectivity index is 2.90. The van der Waals surface area contributed by atoms with Gasteiger partial charge in [0.05, 0.1) is 11.5 Å². The van der Waals surface area contributed by atoms with Gasteiger partial charge in [0, 0.05) is 18.1 Å². The van der Waals surface area contributed by atoms with Gasteiger partial charge in [0.15, 0.2) is 9.84 Å². The Morgan fingerprint density at radius 2 is 2.07 bits per heavy atom. The smallest absolute Gasteiger partial charge is 0.152 e. The molecule has 0 radical (unpaired) electrons. The topological polar surface area (TPSA) is 63.4 Å². The quantitative estimate of drug-likeness (QED) is 0.718. The van der Waals surface area contributed by atoms with E-state index in [9.17, 15) is 8.42 Å². The van der Waals surface area contributed by atoms with E-state index in [1.165, 1.54) is 0 Å². The lowest BCUT2D eigenvalue weighted by Crippen LogP contribution is -2.55. The Bertz CT molecular complexity index is 300. The Labute approximate surface area is 86.4 Å². The maximum absolute atomic E-state index is 11.4. The van der Waals surface area contributed by atoms with Crippen LogP contribution >= 0.6 is 0 Å². The van der Waals surface area contributed by atoms with E-state index in [-0.39, 0.29) is 17.0 Å². The highest BCUT2D eigenvalue weighted by Crippen LogP contribution is 2.29. The summed E-state index contributed by atoms with van der Waals surface area (Å²) >= 11 is 0. The maximum atomic E-state index is 11.4. The molecule has 14 heavy (non-hydrogen) atoms. The lowest BCUT2D eigenvalue weighted by molar-refractivity contribution is 0.115. The number of likely N-dealkylation sites (N-methyl/N-ethyl adjacent to an activating group) is 1. The highest BCUT2D eigenvalue weighted by Gasteiger charge is 2.44. The van der Waals surface area contributed by atoms with Gasteiger partial charge in [-0.3, -0.25) is 4.90 Å². The zero-order chi connectivity index (χ0) is 11.0. The Morgan fingerprint density at radius 3 is 2.36 bits per heavy atom. The summed E-state index contributed by atoms with van der Waals surface area (Å²) in [6, 6.07) is 0.326. The van der Waals surface area contributed by atoms with Crippen molar-refractivity contribution in [3.8, 4) is 0 Å². The van der Waals surface area contributed by atoms with Gasteiger partial charge in [-0.05, 0) is 27.3 Å². The van der Waals surface area contributed by atoms with Gasteiger partial charge in [0.2, 0.25) is 0 Å². The summed E-state index contributed by atoms with van der Waals surface area (Å²) < 4.78 is 22.9. The van der Waals surface area contributed by atoms with Crippen LogP contribution in [0.3, 0.4) is 0 Å². The van der Waals surface area contributed by atoms with Crippen molar-refractivity contribution in [3.63, 3.8) is 0 Å². The molecule has 84 valence electrons. The van der Waals surface area contributed by atoms with Crippen molar-refractivity contribution < 1.29 is 8.42 Å². The molecule has 4 nitrogen and oxygen atoms in total. The lowest BCUT2D eigenvalue weighted by atomic mass is 9.96. The molecule has 0 saturated carbocycles. The molecule has 1 rings (SSSR count). The van der Waals surface area contributed by atoms with Gasteiger partial charge < -0.3 is 5.73 Å². The molecule has 2 N–H and O–H groups in total. The number of rotatable bonds is 3. The molecule has 0 spiro atoms. The monoisotopic (exact) mass is 220 g/mol. The zero-order valence-corrected chi connectivity index (χ0v) is 9.97. The van der Waals surface area contributed by atoms with Crippen molar-refractivity contribution in [2.75, 3.05) is 25.1 Å². The fourth-order valence-electron chi connectivity index (χ4n) is 2.03. The second kappa shape index (κ2) is 3.79. The largest absolute Gasteiger partial charge is 0.329 e. The van der Waals surface area contributed by atoms with Crippen molar-refractivity contribution in [1.82, 2.24) is 4.90 Å². The molecular weight excluding hydrogens is 200 g/mol. The average Bonchev–Trinajstić information content (AvgIpc) is 2.41. The number of hydrogen-bond donors (Lipinski definition) is 1. The molecule has 1 fully saturated rings. The zero-order valence-electron chi connectivity index (χ0n) is 9.16. The van der Waals surface area contributed by atoms with Crippen LogP contribution in [0.2, 0.25) is 0 Å². The molecule has 1 unspecified atom stereocenters. The first kappa shape index (κ1) is 11.9. The molecule has 5 heteroatoms. The summed E-state index contributed by atoms with van der Waals surface area (Å²) in [5, 5.41) is 0. The molecule has 1 saturated heterocycles. The van der Waals surface area contributed by atoms with Crippen LogP contribution < -0.4 is 5.73 Å². The van der Waals surface area contributed by atoms with Crippen molar-refractivity contribution in [3.05, 3.63) is 0 Å². The van der Waals surface area contributed by atoms with Gasteiger partial charge in [-0.15, -0.1) is 0 Å². The van der Waals surface area contributed by atoms with Crippen molar-refractivity contribution in [2.24, 2.45) is 5.73 Å². The minimum absolute atomic E-state index is 0.213. The molecule has 0 amide bonds. The molecule has 0 aromatic heterocycles. The van der Waals surface area contributed by atoms with Crippen LogP contribution in [0.4, 0.5) is 0 Å². The lowest BCUT2D eigenvalue weighted by Gasteiger charge is -2.39. The normalized spacial score (nSPS) is 31.6. The molecular formula is C9H20N2O2S. The first-order valence-corrected chi connectivity index (χ1v) is 6.78. The predicted octanol–water partition coefficient (Wildman–Crippen LogP) is -0.157. The van der Waals surface area contributed by atoms with E-state index in [0.29, 0.717) is 19.0 Å². The number of hydrogen-bond acceptors (Lipinski definition) is 4. The van der Waals surface area contributed by atoms with Crippen LogP contribution in [0.15, 0.2) is 0 Å². The van der Waals surface area contributed by atoms with Gasteiger partial charge in [0.1, 0.15) is 0 Å². The number of nitrogens with zero attached hydrogens (tertiary/aromatic N) is 1. The molecule has 0 aromatic rings. The molecule has 0 aromatic carbocycles. The fourth-order valence-corrected chi connectivity index (χ4v) is 4.15. The molecule has 1 aliphatic rings. The van der Waals surface area contributed by atoms with E-state index in [1.807, 2.05) is 7.05 Å². The van der Waals surface area contributed by atoms with Crippen LogP contribution in [0.1, 0.15) is 20.3 Å². The predicted molar refractivity (Wildman–Crippen MR) is 58.0 cm³/mol. The van der Waals surface area contributed by atoms with Crippen LogP contribution in [0.25, 0.3) is 0 Å². The average molecular weight is 220 g/mol. The standard InChI is InChI=1S/C9H20N2O2S/c1-8(2)11(3)9(6-10)4-5-14(12,13)7-9/h8H,4-7,10H2,1-3H3. The van der Waals surface area contributed by atoms with Crippen LogP contribution in [-0.2, 0) is 9.84 Å². The second-order valence-corrected chi connectivity index (χ2v) is 6.66. The minimum atomic E-state index is -2.87. The summed E-state index contributed by atoms with van der Waals surface area (Å²) in [6.45, 7) is 4.53. The van der Waals surface area contributed by atoms with Crippen LogP contribution in [0, 0.1) is 0 Å². The van der Waals surface area contributed by atoms with E-state index in [0.717, 1.165) is 0 Å². The van der Waals surface area contributed by atoms with E-state index >= 15 is 0 Å². The Kier molecular flexibility index (Phi) is 3.23. The van der Waals surface area contributed by atoms with Crippen LogP contribution in [-0.4, -0.2) is 50.0 Å². The molecule has 0 aliphatic carbocycles. The van der Waals surface area contributed by atoms with Gasteiger partial charge in [-0.1, -0.05) is 0 Å². The summed E-state index contributed by atoms with van der Waals surface area (Å²) in [5.74, 6) is 0.492. The first-order valence-electron chi connectivity index (χ1n) is 4.96. The van der Waals surface area contributed by atoms with Crippen LogP contribution in [0.5, 0.6) is 0 Å². The summed E-state index contributed by atoms with van der Waals surface area (Å²) in [5.41, 5.74) is 5.40. The summed E-state index contributed by atoms with van der Waals surface area (Å²) in [7, 11) is -0.909. The number of nitrogens with two attached hydrogens (primary N) is 1. The van der Waals surface area contributed by atoms with Crippen molar-refractivity contribution in [2.45, 2.75) is 31.8 Å². The van der Waals surface area contributed by atoms with Crippen molar-refractivity contribution >= 4 is 9.84 Å². The highest BCUT2D eigenvalue weighted by atomic mass is 32.2. The van der Waals surface area contributed by atoms with Gasteiger partial charge in [-0.2, -0.15) is 0 Å². The summed E-state index contributed by atoms with van der Waals surface area (Å²) in [4.78, 5) is 2.09. The van der Waals surface area contributed by atoms with E-state index in [1.54, 1.807) is 0 Å². The fraction of sp³-hybridized carbons (Fsp3) is 1.00. The Hall–Kier alpha value is -0.130. The third-order valence-electron chi connectivity index (χ3n) is 3.27. The highest BCUT2D eigenvalue weighted by molar-refractivity contribution is 7.91. The third-order valence-corrected chi connectivity index (χ3v) is 5.07. The third kappa shape index (κ3) is 2.10. The van der Waals surface area contributed by atoms with E-state index in [4.69, 9.17) is 5.73 Å². The number of sulfone groups is 1. The van der Waals surface area contributed by atoms with Gasteiger partial charge >= 0.3 is 0 Å². The van der Waals surface area contributed by atoms with E-state index in [2.05, 4.69) is 18.7 Å². The SMILES string of the molecule is CC(C)N(C)C1(CN)CCS(=O)(=O)C1. The van der Waals surface area contributed by atoms with Gasteiger partial charge in [-0.25, -0.2) is 8.42 Å². The maximum Gasteiger partial charge on any atom is 0.152 e. The molecule has 0 bridgehead atoms. The molecule has 1 aliphatic heterocycles. The van der Waals surface area contributed by atoms with Gasteiger partial charge in [0.25, 0.3) is 0 Å². The summed E-state index contributed by atoms with van der Waals surface area (Å²) in [6.07, 6.45) is 0.667. The second-order valence-electron chi connectivity index (χ2n) is 4.48. The molecule has 1 heterocycles. The van der Waals surface area contributed by atoms with Crippen molar-refractivity contribution in [1.29, 1.82) is 0 Å².